The summed E-state index contributed by atoms with van der Waals surface area (Å²) in [7, 11) is 0. The molecule has 0 radical (unpaired) electrons. The van der Waals surface area contributed by atoms with Crippen LogP contribution in [0.5, 0.6) is 11.5 Å². The lowest BCUT2D eigenvalue weighted by Gasteiger charge is -2.26. The van der Waals surface area contributed by atoms with Crippen LogP contribution < -0.4 is 20.5 Å². The predicted octanol–water partition coefficient (Wildman–Crippen LogP) is 2.15. The second kappa shape index (κ2) is 11.7. The molecule has 0 saturated carbocycles. The number of nitrogens with two attached hydrogens (primary N) is 1. The van der Waals surface area contributed by atoms with Gasteiger partial charge in [0.2, 0.25) is 0 Å². The van der Waals surface area contributed by atoms with Crippen molar-refractivity contribution in [2.45, 2.75) is 39.3 Å². The monoisotopic (exact) mass is 504 g/mol. The largest absolute Gasteiger partial charge is 0.494 e. The molecule has 0 aliphatic carbocycles. The van der Waals surface area contributed by atoms with E-state index in [1.165, 1.54) is 5.56 Å². The van der Waals surface area contributed by atoms with E-state index in [2.05, 4.69) is 28.2 Å². The van der Waals surface area contributed by atoms with Gasteiger partial charge in [0.15, 0.2) is 5.96 Å². The van der Waals surface area contributed by atoms with Gasteiger partial charge in [-0.3, -0.25) is 4.90 Å². The van der Waals surface area contributed by atoms with Gasteiger partial charge in [-0.25, -0.2) is 4.99 Å². The van der Waals surface area contributed by atoms with Crippen LogP contribution in [0.15, 0.2) is 17.1 Å². The molecular formula is C20H33IN4O3. The number of nitrogens with zero attached hydrogens (tertiary/aromatic N) is 2. The molecule has 1 aromatic rings. The van der Waals surface area contributed by atoms with Crippen LogP contribution in [0, 0.1) is 0 Å². The van der Waals surface area contributed by atoms with E-state index in [0.717, 1.165) is 69.3 Å². The van der Waals surface area contributed by atoms with E-state index in [1.54, 1.807) is 0 Å². The van der Waals surface area contributed by atoms with Gasteiger partial charge in [-0.05, 0) is 38.9 Å². The molecule has 1 aromatic carbocycles. The van der Waals surface area contributed by atoms with Crippen molar-refractivity contribution >= 4 is 29.9 Å². The maximum atomic E-state index is 6.03. The number of nitrogens with one attached hydrogen (secondary N) is 1. The van der Waals surface area contributed by atoms with Crippen LogP contribution in [0.2, 0.25) is 0 Å². The Balaban J connectivity index is 0.00000280. The number of hydrogen-bond acceptors (Lipinski definition) is 5. The van der Waals surface area contributed by atoms with Crippen molar-refractivity contribution in [1.29, 1.82) is 0 Å². The molecule has 8 heteroatoms. The highest BCUT2D eigenvalue weighted by molar-refractivity contribution is 14.0. The van der Waals surface area contributed by atoms with Crippen LogP contribution in [-0.2, 0) is 17.7 Å². The van der Waals surface area contributed by atoms with Crippen LogP contribution in [0.4, 0.5) is 0 Å². The predicted molar refractivity (Wildman–Crippen MR) is 122 cm³/mol. The fourth-order valence-corrected chi connectivity index (χ4v) is 3.47. The van der Waals surface area contributed by atoms with E-state index in [-0.39, 0.29) is 30.1 Å². The zero-order valence-electron chi connectivity index (χ0n) is 16.9. The van der Waals surface area contributed by atoms with Crippen LogP contribution >= 0.6 is 24.0 Å². The Kier molecular flexibility index (Phi) is 9.60. The molecule has 0 bridgehead atoms. The summed E-state index contributed by atoms with van der Waals surface area (Å²) < 4.78 is 17.0. The second-order valence-corrected chi connectivity index (χ2v) is 7.07. The highest BCUT2D eigenvalue weighted by Gasteiger charge is 2.21. The minimum atomic E-state index is 0. The Morgan fingerprint density at radius 3 is 2.89 bits per heavy atom. The first-order chi connectivity index (χ1) is 13.2. The molecule has 1 fully saturated rings. The summed E-state index contributed by atoms with van der Waals surface area (Å²) in [6.07, 6.45) is 2.17. The van der Waals surface area contributed by atoms with Gasteiger partial charge < -0.3 is 25.3 Å². The maximum Gasteiger partial charge on any atom is 0.188 e. The molecular weight excluding hydrogens is 471 g/mol. The van der Waals surface area contributed by atoms with Gasteiger partial charge in [0.05, 0.1) is 26.4 Å². The number of fused-ring (bicyclic) bond motifs is 1. The third-order valence-corrected chi connectivity index (χ3v) is 4.86. The number of benzene rings is 1. The van der Waals surface area contributed by atoms with E-state index in [9.17, 15) is 0 Å². The SMILES string of the molecule is CCOc1cc2c(cc1CN=C(N)NCCCN1CCOCC1)OC(C)C2.I. The average Bonchev–Trinajstić information content (AvgIpc) is 3.03. The molecule has 3 rings (SSSR count). The van der Waals surface area contributed by atoms with Crippen LogP contribution in [0.3, 0.4) is 0 Å². The molecule has 28 heavy (non-hydrogen) atoms. The summed E-state index contributed by atoms with van der Waals surface area (Å²) >= 11 is 0. The molecule has 158 valence electrons. The van der Waals surface area contributed by atoms with Crippen LogP contribution in [0.1, 0.15) is 31.4 Å². The average molecular weight is 504 g/mol. The highest BCUT2D eigenvalue weighted by Crippen LogP contribution is 2.35. The third kappa shape index (κ3) is 6.66. The molecule has 1 unspecified atom stereocenters. The lowest BCUT2D eigenvalue weighted by Crippen LogP contribution is -2.39. The maximum absolute atomic E-state index is 6.03. The summed E-state index contributed by atoms with van der Waals surface area (Å²) in [5.74, 6) is 2.28. The van der Waals surface area contributed by atoms with Gasteiger partial charge in [0.1, 0.15) is 17.6 Å². The number of morpholine rings is 1. The summed E-state index contributed by atoms with van der Waals surface area (Å²) in [6.45, 7) is 10.7. The normalized spacial score (nSPS) is 19.5. The van der Waals surface area contributed by atoms with Gasteiger partial charge in [-0.2, -0.15) is 0 Å². The van der Waals surface area contributed by atoms with Crippen molar-refractivity contribution in [3.8, 4) is 11.5 Å². The Morgan fingerprint density at radius 2 is 2.14 bits per heavy atom. The van der Waals surface area contributed by atoms with E-state index >= 15 is 0 Å². The van der Waals surface area contributed by atoms with Gasteiger partial charge in [-0.15, -0.1) is 24.0 Å². The fourth-order valence-electron chi connectivity index (χ4n) is 3.47. The molecule has 3 N–H and O–H groups in total. The first kappa shape index (κ1) is 23.0. The van der Waals surface area contributed by atoms with E-state index < -0.39 is 0 Å². The molecule has 2 aliphatic heterocycles. The summed E-state index contributed by atoms with van der Waals surface area (Å²) in [5.41, 5.74) is 8.24. The third-order valence-electron chi connectivity index (χ3n) is 4.86. The number of hydrogen-bond donors (Lipinski definition) is 2. The summed E-state index contributed by atoms with van der Waals surface area (Å²) in [6, 6.07) is 4.12. The Hall–Kier alpha value is -1.26. The van der Waals surface area contributed by atoms with Crippen molar-refractivity contribution < 1.29 is 14.2 Å². The van der Waals surface area contributed by atoms with Crippen molar-refractivity contribution in [1.82, 2.24) is 10.2 Å². The van der Waals surface area contributed by atoms with E-state index in [1.807, 2.05) is 13.0 Å². The molecule has 1 saturated heterocycles. The molecule has 2 heterocycles. The van der Waals surface area contributed by atoms with Crippen molar-refractivity contribution in [2.75, 3.05) is 46.0 Å². The standard InChI is InChI=1S/C20H32N4O3.HI/c1-3-26-18-12-16-11-15(2)27-19(16)13-17(18)14-23-20(21)22-5-4-6-24-7-9-25-10-8-24;/h12-13,15H,3-11,14H2,1-2H3,(H3,21,22,23);1H. The lowest BCUT2D eigenvalue weighted by atomic mass is 10.1. The summed E-state index contributed by atoms with van der Waals surface area (Å²) in [4.78, 5) is 6.90. The zero-order valence-corrected chi connectivity index (χ0v) is 19.2. The number of ether oxygens (including phenoxy) is 3. The minimum absolute atomic E-state index is 0. The molecule has 0 aromatic heterocycles. The Labute approximate surface area is 185 Å². The first-order valence-corrected chi connectivity index (χ1v) is 9.95. The zero-order chi connectivity index (χ0) is 19.1. The van der Waals surface area contributed by atoms with Gasteiger partial charge in [0.25, 0.3) is 0 Å². The van der Waals surface area contributed by atoms with Crippen molar-refractivity contribution in [2.24, 2.45) is 10.7 Å². The molecule has 2 aliphatic rings. The molecule has 1 atom stereocenters. The second-order valence-electron chi connectivity index (χ2n) is 7.07. The fraction of sp³-hybridized carbons (Fsp3) is 0.650. The highest BCUT2D eigenvalue weighted by atomic mass is 127. The molecule has 7 nitrogen and oxygen atoms in total. The number of rotatable bonds is 8. The Morgan fingerprint density at radius 1 is 1.36 bits per heavy atom. The van der Waals surface area contributed by atoms with E-state index in [4.69, 9.17) is 19.9 Å². The van der Waals surface area contributed by atoms with E-state index in [0.29, 0.717) is 19.1 Å². The van der Waals surface area contributed by atoms with Crippen LogP contribution in [-0.4, -0.2) is 63.0 Å². The van der Waals surface area contributed by atoms with Gasteiger partial charge >= 0.3 is 0 Å². The first-order valence-electron chi connectivity index (χ1n) is 9.95. The molecule has 0 spiro atoms. The van der Waals surface area contributed by atoms with Crippen LogP contribution in [0.25, 0.3) is 0 Å². The number of guanidine groups is 1. The number of aliphatic imine (C=N–C) groups is 1. The van der Waals surface area contributed by atoms with Gasteiger partial charge in [-0.1, -0.05) is 0 Å². The smallest absolute Gasteiger partial charge is 0.188 e. The minimum Gasteiger partial charge on any atom is -0.494 e. The van der Waals surface area contributed by atoms with Gasteiger partial charge in [0, 0.05) is 37.2 Å². The lowest BCUT2D eigenvalue weighted by molar-refractivity contribution is 0.0376. The Bertz CT molecular complexity index is 651. The molecule has 0 amide bonds. The van der Waals surface area contributed by atoms with Crippen molar-refractivity contribution in [3.63, 3.8) is 0 Å². The quantitative estimate of drug-likeness (QED) is 0.245. The topological polar surface area (TPSA) is 81.3 Å². The van der Waals surface area contributed by atoms with Crippen molar-refractivity contribution in [3.05, 3.63) is 23.3 Å². The number of halogens is 1. The summed E-state index contributed by atoms with van der Waals surface area (Å²) in [5, 5.41) is 3.20.